The maximum Gasteiger partial charge on any atom is 0.374 e. The van der Waals surface area contributed by atoms with Gasteiger partial charge in [-0.2, -0.15) is 0 Å². The summed E-state index contributed by atoms with van der Waals surface area (Å²) < 4.78 is 6.01. The van der Waals surface area contributed by atoms with Crippen molar-refractivity contribution >= 4 is 29.8 Å². The molecule has 4 nitrogen and oxygen atoms in total. The molecule has 4 rings (SSSR count). The molecule has 0 aliphatic carbocycles. The lowest BCUT2D eigenvalue weighted by molar-refractivity contribution is 0.234. The van der Waals surface area contributed by atoms with E-state index in [0.717, 1.165) is 22.5 Å². The monoisotopic (exact) mass is 337 g/mol. The zero-order valence-corrected chi connectivity index (χ0v) is 16.4. The molecule has 1 fully saturated rings. The largest absolute Gasteiger partial charge is 0.436 e. The van der Waals surface area contributed by atoms with E-state index in [4.69, 9.17) is 4.42 Å². The van der Waals surface area contributed by atoms with E-state index >= 15 is 0 Å². The maximum atomic E-state index is 6.01. The minimum Gasteiger partial charge on any atom is -0.436 e. The smallest absolute Gasteiger partial charge is 0.374 e. The highest BCUT2D eigenvalue weighted by molar-refractivity contribution is 6.70. The Balaban J connectivity index is 1.85. The van der Waals surface area contributed by atoms with Crippen molar-refractivity contribution in [1.29, 1.82) is 0 Å². The van der Waals surface area contributed by atoms with E-state index in [-0.39, 0.29) is 12.5 Å². The summed E-state index contributed by atoms with van der Waals surface area (Å²) in [5.41, 5.74) is 3.65. The molecule has 0 spiro atoms. The number of pyridine rings is 1. The summed E-state index contributed by atoms with van der Waals surface area (Å²) in [6, 6.07) is 4.59. The van der Waals surface area contributed by atoms with Gasteiger partial charge in [0, 0.05) is 17.8 Å². The minimum atomic E-state index is 0.145. The number of anilines is 1. The van der Waals surface area contributed by atoms with Gasteiger partial charge in [-0.15, -0.1) is 0 Å². The van der Waals surface area contributed by atoms with Crippen molar-refractivity contribution in [3.63, 3.8) is 0 Å². The molecule has 0 unspecified atom stereocenters. The number of allylic oxidation sites excluding steroid dienone is 1. The SMILES string of the molecule is CC1=Cc2oc3ncccc3c2N(C)B1N1[C@@H](C)C(C)(C)CC1(C)C. The van der Waals surface area contributed by atoms with Gasteiger partial charge in [-0.1, -0.05) is 19.3 Å². The predicted molar refractivity (Wildman–Crippen MR) is 106 cm³/mol. The number of rotatable bonds is 1. The van der Waals surface area contributed by atoms with Crippen molar-refractivity contribution in [1.82, 2.24) is 9.79 Å². The Hall–Kier alpha value is -1.75. The van der Waals surface area contributed by atoms with Gasteiger partial charge in [0.1, 0.15) is 0 Å². The van der Waals surface area contributed by atoms with E-state index in [2.05, 4.69) is 75.3 Å². The van der Waals surface area contributed by atoms with Gasteiger partial charge in [-0.3, -0.25) is 0 Å². The van der Waals surface area contributed by atoms with Crippen molar-refractivity contribution < 1.29 is 4.42 Å². The summed E-state index contributed by atoms with van der Waals surface area (Å²) in [6.07, 6.45) is 5.19. The summed E-state index contributed by atoms with van der Waals surface area (Å²) >= 11 is 0. The summed E-state index contributed by atoms with van der Waals surface area (Å²) in [5.74, 6) is 0.925. The zero-order valence-electron chi connectivity index (χ0n) is 16.4. The first-order valence-corrected chi connectivity index (χ1v) is 9.20. The third kappa shape index (κ3) is 2.28. The van der Waals surface area contributed by atoms with E-state index in [1.54, 1.807) is 6.20 Å². The number of hydrogen-bond acceptors (Lipinski definition) is 4. The highest BCUT2D eigenvalue weighted by Gasteiger charge is 2.54. The lowest BCUT2D eigenvalue weighted by Crippen LogP contribution is -2.61. The van der Waals surface area contributed by atoms with Crippen LogP contribution in [0.1, 0.15) is 53.7 Å². The number of aromatic nitrogens is 1. The molecule has 1 atom stereocenters. The van der Waals surface area contributed by atoms with E-state index in [0.29, 0.717) is 11.5 Å². The number of fused-ring (bicyclic) bond motifs is 3. The summed E-state index contributed by atoms with van der Waals surface area (Å²) in [4.78, 5) is 9.48. The number of furan rings is 1. The Morgan fingerprint density at radius 1 is 1.28 bits per heavy atom. The predicted octanol–water partition coefficient (Wildman–Crippen LogP) is 4.61. The molecule has 2 aromatic heterocycles. The van der Waals surface area contributed by atoms with Crippen molar-refractivity contribution in [2.75, 3.05) is 11.9 Å². The average molecular weight is 337 g/mol. The average Bonchev–Trinajstić information content (AvgIpc) is 2.93. The quantitative estimate of drug-likeness (QED) is 0.712. The Kier molecular flexibility index (Phi) is 3.43. The topological polar surface area (TPSA) is 32.5 Å². The molecule has 0 aromatic carbocycles. The van der Waals surface area contributed by atoms with Gasteiger partial charge in [0.15, 0.2) is 5.76 Å². The summed E-state index contributed by atoms with van der Waals surface area (Å²) in [5, 5.41) is 1.10. The maximum absolute atomic E-state index is 6.01. The van der Waals surface area contributed by atoms with Crippen LogP contribution in [-0.4, -0.2) is 35.4 Å². The van der Waals surface area contributed by atoms with Crippen molar-refractivity contribution in [2.45, 2.75) is 59.5 Å². The van der Waals surface area contributed by atoms with Crippen molar-refractivity contribution in [2.24, 2.45) is 5.41 Å². The van der Waals surface area contributed by atoms with Crippen LogP contribution >= 0.6 is 0 Å². The second kappa shape index (κ2) is 5.13. The fraction of sp³-hybridized carbons (Fsp3) is 0.550. The van der Waals surface area contributed by atoms with Crippen molar-refractivity contribution in [3.05, 3.63) is 29.6 Å². The van der Waals surface area contributed by atoms with Gasteiger partial charge in [-0.05, 0) is 64.8 Å². The first-order chi connectivity index (χ1) is 11.6. The molecule has 25 heavy (non-hydrogen) atoms. The van der Waals surface area contributed by atoms with Gasteiger partial charge in [0.05, 0.1) is 11.1 Å². The van der Waals surface area contributed by atoms with Crippen LogP contribution in [0.2, 0.25) is 0 Å². The minimum absolute atomic E-state index is 0.145. The molecule has 2 aromatic rings. The van der Waals surface area contributed by atoms with Gasteiger partial charge < -0.3 is 14.0 Å². The Morgan fingerprint density at radius 3 is 2.64 bits per heavy atom. The molecule has 132 valence electrons. The highest BCUT2D eigenvalue weighted by Crippen LogP contribution is 2.49. The highest BCUT2D eigenvalue weighted by atomic mass is 16.3. The molecule has 4 heterocycles. The molecule has 5 heteroatoms. The second-order valence-electron chi connectivity index (χ2n) is 9.10. The van der Waals surface area contributed by atoms with Crippen LogP contribution < -0.4 is 4.81 Å². The van der Waals surface area contributed by atoms with E-state index in [1.807, 2.05) is 6.07 Å². The summed E-state index contributed by atoms with van der Waals surface area (Å²) in [7, 11) is 2.19. The molecule has 0 amide bonds. The van der Waals surface area contributed by atoms with Crippen LogP contribution in [0, 0.1) is 5.41 Å². The van der Waals surface area contributed by atoms with Crippen molar-refractivity contribution in [3.8, 4) is 0 Å². The molecular weight excluding hydrogens is 309 g/mol. The fourth-order valence-corrected chi connectivity index (χ4v) is 5.31. The first kappa shape index (κ1) is 16.7. The van der Waals surface area contributed by atoms with Crippen LogP contribution in [0.4, 0.5) is 5.69 Å². The fourth-order valence-electron chi connectivity index (χ4n) is 5.31. The second-order valence-corrected chi connectivity index (χ2v) is 9.10. The first-order valence-electron chi connectivity index (χ1n) is 9.20. The molecule has 0 saturated carbocycles. The van der Waals surface area contributed by atoms with E-state index in [1.165, 1.54) is 11.9 Å². The van der Waals surface area contributed by atoms with Crippen LogP contribution in [0.5, 0.6) is 0 Å². The van der Waals surface area contributed by atoms with Gasteiger partial charge >= 0.3 is 6.98 Å². The Morgan fingerprint density at radius 2 is 2.00 bits per heavy atom. The van der Waals surface area contributed by atoms with Crippen LogP contribution in [0.25, 0.3) is 17.2 Å². The Labute approximate surface area is 151 Å². The van der Waals surface area contributed by atoms with Crippen LogP contribution in [-0.2, 0) is 0 Å². The van der Waals surface area contributed by atoms with E-state index < -0.39 is 0 Å². The van der Waals surface area contributed by atoms with Gasteiger partial charge in [-0.25, -0.2) is 4.98 Å². The zero-order chi connectivity index (χ0) is 18.1. The van der Waals surface area contributed by atoms with Crippen LogP contribution in [0.3, 0.4) is 0 Å². The molecular formula is C20H28BN3O. The molecule has 0 radical (unpaired) electrons. The van der Waals surface area contributed by atoms with E-state index in [9.17, 15) is 0 Å². The lowest BCUT2D eigenvalue weighted by atomic mass is 9.59. The standard InChI is InChI=1S/C20H28BN3O/c1-13-11-16-17(15-9-8-10-22-18(15)25-16)23(7)21(13)24-14(2)19(3,4)12-20(24,5)6/h8-11,14H,12H2,1-7H3/t14-/m0/s1. The Bertz CT molecular complexity index is 867. The van der Waals surface area contributed by atoms with Gasteiger partial charge in [0.25, 0.3) is 0 Å². The molecule has 2 aliphatic rings. The summed E-state index contributed by atoms with van der Waals surface area (Å²) in [6.45, 7) is 14.4. The third-order valence-electron chi connectivity index (χ3n) is 6.35. The molecule has 2 aliphatic heterocycles. The number of hydrogen-bond donors (Lipinski definition) is 0. The molecule has 1 saturated heterocycles. The number of nitrogens with zero attached hydrogens (tertiary/aromatic N) is 3. The van der Waals surface area contributed by atoms with Gasteiger partial charge in [0.2, 0.25) is 5.71 Å². The van der Waals surface area contributed by atoms with Crippen LogP contribution in [0.15, 0.2) is 28.2 Å². The lowest BCUT2D eigenvalue weighted by Gasteiger charge is -2.45. The third-order valence-corrected chi connectivity index (χ3v) is 6.35. The molecule has 0 N–H and O–H groups in total. The normalized spacial score (nSPS) is 25.4. The molecule has 0 bridgehead atoms.